The highest BCUT2D eigenvalue weighted by Crippen LogP contribution is 2.31. The summed E-state index contributed by atoms with van der Waals surface area (Å²) in [6, 6.07) is 13.2. The second kappa shape index (κ2) is 6.79. The first-order chi connectivity index (χ1) is 10.0. The van der Waals surface area contributed by atoms with E-state index in [-0.39, 0.29) is 5.97 Å². The van der Waals surface area contributed by atoms with Gasteiger partial charge in [0.2, 0.25) is 0 Å². The lowest BCUT2D eigenvalue weighted by atomic mass is 10.0. The third-order valence-corrected chi connectivity index (χ3v) is 3.67. The maximum absolute atomic E-state index is 11.2. The first kappa shape index (κ1) is 15.6. The van der Waals surface area contributed by atoms with Crippen LogP contribution in [0.2, 0.25) is 10.0 Å². The average Bonchev–Trinajstić information content (AvgIpc) is 2.47. The summed E-state index contributed by atoms with van der Waals surface area (Å²) in [7, 11) is 1.36. The fraction of sp³-hybridized carbons (Fsp3) is 0.118. The van der Waals surface area contributed by atoms with Crippen molar-refractivity contribution in [1.82, 2.24) is 0 Å². The highest BCUT2D eigenvalue weighted by molar-refractivity contribution is 6.36. The molecule has 21 heavy (non-hydrogen) atoms. The molecular formula is C17H14Cl2O2. The van der Waals surface area contributed by atoms with Crippen LogP contribution in [0.25, 0.3) is 16.7 Å². The number of benzene rings is 2. The first-order valence-corrected chi connectivity index (χ1v) is 7.09. The number of allylic oxidation sites excluding steroid dienone is 1. The standard InChI is InChI=1S/C17H14Cl2O2/c1-11(9-17(20)21-2)12-3-5-13(6-4-12)15-8-7-14(18)10-16(15)19/h3-10H,1-2H3. The van der Waals surface area contributed by atoms with Crippen molar-refractivity contribution in [3.8, 4) is 11.1 Å². The molecule has 0 aromatic heterocycles. The summed E-state index contributed by atoms with van der Waals surface area (Å²) < 4.78 is 4.62. The topological polar surface area (TPSA) is 26.3 Å². The Morgan fingerprint density at radius 3 is 2.33 bits per heavy atom. The molecule has 0 spiro atoms. The zero-order valence-corrected chi connectivity index (χ0v) is 13.2. The van der Waals surface area contributed by atoms with E-state index in [2.05, 4.69) is 4.74 Å². The zero-order chi connectivity index (χ0) is 15.4. The van der Waals surface area contributed by atoms with Crippen molar-refractivity contribution in [2.45, 2.75) is 6.92 Å². The van der Waals surface area contributed by atoms with Crippen LogP contribution >= 0.6 is 23.2 Å². The van der Waals surface area contributed by atoms with Crippen LogP contribution in [0.5, 0.6) is 0 Å². The van der Waals surface area contributed by atoms with Gasteiger partial charge in [0.05, 0.1) is 7.11 Å². The minimum Gasteiger partial charge on any atom is -0.466 e. The van der Waals surface area contributed by atoms with Crippen molar-refractivity contribution in [2.24, 2.45) is 0 Å². The lowest BCUT2D eigenvalue weighted by Gasteiger charge is -2.07. The van der Waals surface area contributed by atoms with Crippen molar-refractivity contribution in [1.29, 1.82) is 0 Å². The van der Waals surface area contributed by atoms with E-state index in [1.54, 1.807) is 12.1 Å². The van der Waals surface area contributed by atoms with Crippen LogP contribution in [0.4, 0.5) is 0 Å². The van der Waals surface area contributed by atoms with E-state index >= 15 is 0 Å². The van der Waals surface area contributed by atoms with Crippen molar-refractivity contribution in [3.05, 3.63) is 64.1 Å². The van der Waals surface area contributed by atoms with Crippen LogP contribution in [-0.2, 0) is 9.53 Å². The Morgan fingerprint density at radius 1 is 1.10 bits per heavy atom. The number of hydrogen-bond acceptors (Lipinski definition) is 2. The van der Waals surface area contributed by atoms with Gasteiger partial charge in [0.25, 0.3) is 0 Å². The molecule has 0 atom stereocenters. The SMILES string of the molecule is COC(=O)C=C(C)c1ccc(-c2ccc(Cl)cc2Cl)cc1. The van der Waals surface area contributed by atoms with Gasteiger partial charge in [0.1, 0.15) is 0 Å². The number of rotatable bonds is 3. The minimum atomic E-state index is -0.364. The maximum Gasteiger partial charge on any atom is 0.330 e. The molecule has 0 fully saturated rings. The summed E-state index contributed by atoms with van der Waals surface area (Å²) in [5.74, 6) is -0.364. The Labute approximate surface area is 134 Å². The van der Waals surface area contributed by atoms with Gasteiger partial charge in [-0.05, 0) is 35.8 Å². The van der Waals surface area contributed by atoms with Gasteiger partial charge in [-0.1, -0.05) is 53.5 Å². The van der Waals surface area contributed by atoms with E-state index in [0.29, 0.717) is 10.0 Å². The molecule has 0 amide bonds. The summed E-state index contributed by atoms with van der Waals surface area (Å²) in [6.45, 7) is 1.86. The Hall–Kier alpha value is -1.77. The van der Waals surface area contributed by atoms with Crippen molar-refractivity contribution in [2.75, 3.05) is 7.11 Å². The van der Waals surface area contributed by atoms with Crippen LogP contribution in [-0.4, -0.2) is 13.1 Å². The van der Waals surface area contributed by atoms with E-state index in [1.165, 1.54) is 13.2 Å². The van der Waals surface area contributed by atoms with Crippen LogP contribution in [0.1, 0.15) is 12.5 Å². The average molecular weight is 321 g/mol. The summed E-state index contributed by atoms with van der Waals surface area (Å²) in [4.78, 5) is 11.2. The van der Waals surface area contributed by atoms with E-state index in [0.717, 1.165) is 22.3 Å². The number of methoxy groups -OCH3 is 1. The third kappa shape index (κ3) is 3.87. The molecule has 0 radical (unpaired) electrons. The van der Waals surface area contributed by atoms with Gasteiger partial charge in [-0.15, -0.1) is 0 Å². The second-order valence-electron chi connectivity index (χ2n) is 4.55. The van der Waals surface area contributed by atoms with E-state index in [9.17, 15) is 4.79 Å². The minimum absolute atomic E-state index is 0.364. The van der Waals surface area contributed by atoms with E-state index in [4.69, 9.17) is 23.2 Å². The Kier molecular flexibility index (Phi) is 5.05. The fourth-order valence-corrected chi connectivity index (χ4v) is 2.47. The molecule has 2 aromatic rings. The predicted octanol–water partition coefficient (Wildman–Crippen LogP) is 5.24. The van der Waals surface area contributed by atoms with Crippen LogP contribution in [0, 0.1) is 0 Å². The third-order valence-electron chi connectivity index (χ3n) is 3.12. The number of hydrogen-bond donors (Lipinski definition) is 0. The molecule has 0 N–H and O–H groups in total. The summed E-state index contributed by atoms with van der Waals surface area (Å²) in [5.41, 5.74) is 3.71. The Bertz CT molecular complexity index is 688. The van der Waals surface area contributed by atoms with Gasteiger partial charge in [-0.2, -0.15) is 0 Å². The summed E-state index contributed by atoms with van der Waals surface area (Å²) in [5, 5.41) is 1.22. The smallest absolute Gasteiger partial charge is 0.330 e. The Balaban J connectivity index is 2.31. The Morgan fingerprint density at radius 2 is 1.76 bits per heavy atom. The van der Waals surface area contributed by atoms with E-state index in [1.807, 2.05) is 37.3 Å². The molecule has 0 saturated carbocycles. The zero-order valence-electron chi connectivity index (χ0n) is 11.7. The fourth-order valence-electron chi connectivity index (χ4n) is 1.96. The van der Waals surface area contributed by atoms with Crippen LogP contribution < -0.4 is 0 Å². The van der Waals surface area contributed by atoms with Gasteiger partial charge >= 0.3 is 5.97 Å². The van der Waals surface area contributed by atoms with Gasteiger partial charge in [0, 0.05) is 21.7 Å². The molecule has 4 heteroatoms. The highest BCUT2D eigenvalue weighted by Gasteiger charge is 2.05. The predicted molar refractivity (Wildman–Crippen MR) is 87.6 cm³/mol. The number of carbonyl (C=O) groups excluding carboxylic acids is 1. The summed E-state index contributed by atoms with van der Waals surface area (Å²) >= 11 is 12.1. The molecule has 0 aliphatic rings. The number of esters is 1. The number of halogens is 2. The molecule has 2 aromatic carbocycles. The monoisotopic (exact) mass is 320 g/mol. The molecule has 0 aliphatic heterocycles. The number of carbonyl (C=O) groups is 1. The van der Waals surface area contributed by atoms with Crippen molar-refractivity contribution >= 4 is 34.7 Å². The molecule has 2 nitrogen and oxygen atoms in total. The van der Waals surface area contributed by atoms with Gasteiger partial charge in [0.15, 0.2) is 0 Å². The second-order valence-corrected chi connectivity index (χ2v) is 5.40. The summed E-state index contributed by atoms with van der Waals surface area (Å²) in [6.07, 6.45) is 1.46. The first-order valence-electron chi connectivity index (χ1n) is 6.33. The molecule has 0 saturated heterocycles. The molecular weight excluding hydrogens is 307 g/mol. The van der Waals surface area contributed by atoms with Crippen LogP contribution in [0.15, 0.2) is 48.5 Å². The largest absolute Gasteiger partial charge is 0.466 e. The van der Waals surface area contributed by atoms with Crippen LogP contribution in [0.3, 0.4) is 0 Å². The number of ether oxygens (including phenoxy) is 1. The molecule has 108 valence electrons. The molecule has 0 unspecified atom stereocenters. The molecule has 2 rings (SSSR count). The lowest BCUT2D eigenvalue weighted by molar-refractivity contribution is -0.134. The van der Waals surface area contributed by atoms with E-state index < -0.39 is 0 Å². The highest BCUT2D eigenvalue weighted by atomic mass is 35.5. The molecule has 0 heterocycles. The normalized spacial score (nSPS) is 11.3. The molecule has 0 aliphatic carbocycles. The van der Waals surface area contributed by atoms with Gasteiger partial charge < -0.3 is 4.74 Å². The quantitative estimate of drug-likeness (QED) is 0.571. The van der Waals surface area contributed by atoms with Crippen molar-refractivity contribution < 1.29 is 9.53 Å². The van der Waals surface area contributed by atoms with Gasteiger partial charge in [-0.3, -0.25) is 0 Å². The lowest BCUT2D eigenvalue weighted by Crippen LogP contribution is -1.95. The van der Waals surface area contributed by atoms with Crippen molar-refractivity contribution in [3.63, 3.8) is 0 Å². The van der Waals surface area contributed by atoms with Gasteiger partial charge in [-0.25, -0.2) is 4.79 Å². The maximum atomic E-state index is 11.2. The molecule has 0 bridgehead atoms.